The predicted molar refractivity (Wildman–Crippen MR) is 47.0 cm³/mol. The lowest BCUT2D eigenvalue weighted by Crippen LogP contribution is -2.16. The second-order valence-electron chi connectivity index (χ2n) is 2.25. The first kappa shape index (κ1) is 15.5. The Bertz CT molecular complexity index is 228. The Labute approximate surface area is 89.9 Å². The maximum absolute atomic E-state index is 11.6. The van der Waals surface area contributed by atoms with E-state index in [1.54, 1.807) is 0 Å². The number of halogens is 6. The monoisotopic (exact) mass is 294 g/mol. The van der Waals surface area contributed by atoms with Gasteiger partial charge in [0.25, 0.3) is 0 Å². The van der Waals surface area contributed by atoms with E-state index in [9.17, 15) is 26.3 Å². The van der Waals surface area contributed by atoms with Crippen molar-refractivity contribution in [2.45, 2.75) is 12.4 Å². The highest BCUT2D eigenvalue weighted by Crippen LogP contribution is 2.57. The summed E-state index contributed by atoms with van der Waals surface area (Å²) in [6.45, 7) is -1.86. The summed E-state index contributed by atoms with van der Waals surface area (Å²) in [5.41, 5.74) is -4.08. The van der Waals surface area contributed by atoms with E-state index in [1.165, 1.54) is 0 Å². The van der Waals surface area contributed by atoms with Gasteiger partial charge in [-0.3, -0.25) is 0 Å². The highest BCUT2D eigenvalue weighted by Gasteiger charge is 2.34. The molecule has 1 atom stereocenters. The summed E-state index contributed by atoms with van der Waals surface area (Å²) < 4.78 is 73.4. The zero-order chi connectivity index (χ0) is 12.3. The zero-order valence-electron chi connectivity index (χ0n) is 6.80. The van der Waals surface area contributed by atoms with Crippen LogP contribution in [0.3, 0.4) is 0 Å². The van der Waals surface area contributed by atoms with Crippen molar-refractivity contribution in [3.8, 4) is 0 Å². The molecule has 1 unspecified atom stereocenters. The average Bonchev–Trinajstić information content (AvgIpc) is 1.96. The van der Waals surface area contributed by atoms with E-state index in [2.05, 4.69) is 16.3 Å². The van der Waals surface area contributed by atoms with Crippen LogP contribution in [-0.4, -0.2) is 29.6 Å². The Morgan fingerprint density at radius 2 is 1.60 bits per heavy atom. The molecule has 0 fully saturated rings. The summed E-state index contributed by atoms with van der Waals surface area (Å²) in [5.74, 6) is -1.54. The van der Waals surface area contributed by atoms with Crippen molar-refractivity contribution in [3.63, 3.8) is 0 Å². The third-order valence-electron chi connectivity index (χ3n) is 0.783. The van der Waals surface area contributed by atoms with Crippen LogP contribution < -0.4 is 0 Å². The standard InChI is InChI=1S/C4H5F6O2PS2/c5-3(6,7)1-12-13(11,14)15-2-4(8,9)10/h1-2H2,(H,11,14). The number of hydrogen-bond donors (Lipinski definition) is 1. The molecule has 0 aromatic carbocycles. The molecule has 0 aliphatic rings. The fourth-order valence-corrected chi connectivity index (χ4v) is 2.98. The van der Waals surface area contributed by atoms with Gasteiger partial charge in [-0.2, -0.15) is 26.3 Å². The molecule has 0 radical (unpaired) electrons. The highest BCUT2D eigenvalue weighted by atomic mass is 32.9. The molecule has 15 heavy (non-hydrogen) atoms. The molecule has 11 heteroatoms. The summed E-state index contributed by atoms with van der Waals surface area (Å²) in [7, 11) is 0. The molecule has 1 N–H and O–H groups in total. The van der Waals surface area contributed by atoms with Crippen LogP contribution in [0, 0.1) is 0 Å². The summed E-state index contributed by atoms with van der Waals surface area (Å²) in [4.78, 5) is 8.91. The van der Waals surface area contributed by atoms with Crippen molar-refractivity contribution >= 4 is 28.9 Å². The van der Waals surface area contributed by atoms with Crippen molar-refractivity contribution in [2.75, 3.05) is 12.4 Å². The van der Waals surface area contributed by atoms with Gasteiger partial charge in [-0.25, -0.2) is 0 Å². The van der Waals surface area contributed by atoms with Gasteiger partial charge in [-0.1, -0.05) is 11.4 Å². The minimum Gasteiger partial charge on any atom is -0.337 e. The van der Waals surface area contributed by atoms with Gasteiger partial charge >= 0.3 is 12.4 Å². The molecule has 0 aliphatic heterocycles. The first-order valence-corrected chi connectivity index (χ1v) is 7.43. The van der Waals surface area contributed by atoms with Crippen LogP contribution in [0.25, 0.3) is 0 Å². The van der Waals surface area contributed by atoms with Crippen molar-refractivity contribution in [1.29, 1.82) is 0 Å². The second-order valence-corrected chi connectivity index (χ2v) is 8.43. The van der Waals surface area contributed by atoms with E-state index in [4.69, 9.17) is 4.89 Å². The molecule has 0 aliphatic carbocycles. The molecule has 0 saturated carbocycles. The van der Waals surface area contributed by atoms with Crippen molar-refractivity contribution in [1.82, 2.24) is 0 Å². The first-order valence-electron chi connectivity index (χ1n) is 3.17. The van der Waals surface area contributed by atoms with Crippen molar-refractivity contribution in [3.05, 3.63) is 0 Å². The van der Waals surface area contributed by atoms with Crippen LogP contribution in [0.15, 0.2) is 0 Å². The molecule has 0 rings (SSSR count). The fraction of sp³-hybridized carbons (Fsp3) is 1.00. The molecule has 0 spiro atoms. The van der Waals surface area contributed by atoms with E-state index >= 15 is 0 Å². The van der Waals surface area contributed by atoms with Gasteiger partial charge in [-0.15, -0.1) is 0 Å². The van der Waals surface area contributed by atoms with Crippen LogP contribution in [-0.2, 0) is 16.3 Å². The molecule has 0 amide bonds. The Morgan fingerprint density at radius 1 is 1.13 bits per heavy atom. The summed E-state index contributed by atoms with van der Waals surface area (Å²) >= 11 is 3.85. The Kier molecular flexibility index (Phi) is 5.39. The molecule has 2 nitrogen and oxygen atoms in total. The summed E-state index contributed by atoms with van der Waals surface area (Å²) in [6, 6.07) is 0. The summed E-state index contributed by atoms with van der Waals surface area (Å²) in [5, 5.41) is 0. The molecule has 92 valence electrons. The van der Waals surface area contributed by atoms with E-state index < -0.39 is 30.4 Å². The van der Waals surface area contributed by atoms with Crippen LogP contribution in [0.4, 0.5) is 26.3 Å². The number of rotatable bonds is 4. The third-order valence-corrected chi connectivity index (χ3v) is 4.97. The normalized spacial score (nSPS) is 17.5. The van der Waals surface area contributed by atoms with Gasteiger partial charge in [0.05, 0.1) is 5.75 Å². The fourth-order valence-electron chi connectivity index (χ4n) is 0.347. The Morgan fingerprint density at radius 3 is 1.93 bits per heavy atom. The van der Waals surface area contributed by atoms with Gasteiger partial charge in [0.1, 0.15) is 0 Å². The van der Waals surface area contributed by atoms with Crippen LogP contribution in [0.1, 0.15) is 0 Å². The van der Waals surface area contributed by atoms with Crippen molar-refractivity contribution < 1.29 is 35.8 Å². The van der Waals surface area contributed by atoms with E-state index in [-0.39, 0.29) is 11.4 Å². The predicted octanol–water partition coefficient (Wildman–Crippen LogP) is 3.08. The quantitative estimate of drug-likeness (QED) is 0.637. The second kappa shape index (κ2) is 5.22. The van der Waals surface area contributed by atoms with Crippen LogP contribution in [0.5, 0.6) is 0 Å². The lowest BCUT2D eigenvalue weighted by atomic mass is 10.7. The van der Waals surface area contributed by atoms with Gasteiger partial charge in [-0.05, 0) is 11.8 Å². The van der Waals surface area contributed by atoms with Gasteiger partial charge in [0.15, 0.2) is 6.61 Å². The van der Waals surface area contributed by atoms with E-state index in [1.807, 2.05) is 0 Å². The first-order chi connectivity index (χ1) is 6.41. The maximum atomic E-state index is 11.6. The van der Waals surface area contributed by atoms with Crippen LogP contribution in [0.2, 0.25) is 0 Å². The molecule has 0 bridgehead atoms. The average molecular weight is 294 g/mol. The Hall–Kier alpha value is 0.500. The lowest BCUT2D eigenvalue weighted by Gasteiger charge is -2.16. The van der Waals surface area contributed by atoms with Crippen LogP contribution >= 0.6 is 17.1 Å². The van der Waals surface area contributed by atoms with E-state index in [0.29, 0.717) is 0 Å². The van der Waals surface area contributed by atoms with Crippen molar-refractivity contribution in [2.24, 2.45) is 0 Å². The minimum absolute atomic E-state index is 0.239. The molecule has 0 saturated heterocycles. The summed E-state index contributed by atoms with van der Waals surface area (Å²) in [6.07, 6.45) is -9.34. The zero-order valence-corrected chi connectivity index (χ0v) is 9.33. The SMILES string of the molecule is OP(=S)(OCC(F)(F)F)SCC(F)(F)F. The highest BCUT2D eigenvalue weighted by molar-refractivity contribution is 8.67. The van der Waals surface area contributed by atoms with E-state index in [0.717, 1.165) is 0 Å². The number of alkyl halides is 6. The molecule has 0 heterocycles. The lowest BCUT2D eigenvalue weighted by molar-refractivity contribution is -0.152. The largest absolute Gasteiger partial charge is 0.412 e. The molecule has 0 aromatic heterocycles. The minimum atomic E-state index is -4.73. The molecule has 0 aromatic rings. The maximum Gasteiger partial charge on any atom is 0.412 e. The van der Waals surface area contributed by atoms with Gasteiger partial charge in [0, 0.05) is 0 Å². The molecular weight excluding hydrogens is 289 g/mol. The smallest absolute Gasteiger partial charge is 0.337 e. The van der Waals surface area contributed by atoms with Gasteiger partial charge < -0.3 is 9.42 Å². The third kappa shape index (κ3) is 10.8. The van der Waals surface area contributed by atoms with Gasteiger partial charge in [0.2, 0.25) is 5.69 Å². The topological polar surface area (TPSA) is 29.5 Å². The number of hydrogen-bond acceptors (Lipinski definition) is 3. The Balaban J connectivity index is 4.04. The molecular formula is C4H5F6O2PS2.